The maximum atomic E-state index is 13.9. The highest BCUT2D eigenvalue weighted by molar-refractivity contribution is 9.10. The molecule has 2 aromatic carbocycles. The van der Waals surface area contributed by atoms with Crippen LogP contribution in [0.5, 0.6) is 0 Å². The van der Waals surface area contributed by atoms with E-state index in [0.29, 0.717) is 11.0 Å². The summed E-state index contributed by atoms with van der Waals surface area (Å²) in [6, 6.07) is 14.6. The molecule has 0 aliphatic carbocycles. The smallest absolute Gasteiger partial charge is 0.241 e. The molecule has 0 unspecified atom stereocenters. The summed E-state index contributed by atoms with van der Waals surface area (Å²) in [5, 5.41) is 2.68. The van der Waals surface area contributed by atoms with Gasteiger partial charge in [-0.25, -0.2) is 4.39 Å². The van der Waals surface area contributed by atoms with E-state index >= 15 is 0 Å². The SMILES string of the molecule is C[C@H](C(=O)Nc1ccc(Br)cc1F)N1CC=C(c2ccccc2)CC1. The van der Waals surface area contributed by atoms with E-state index in [4.69, 9.17) is 0 Å². The van der Waals surface area contributed by atoms with Crippen LogP contribution in [0.25, 0.3) is 5.57 Å². The first-order valence-corrected chi connectivity index (χ1v) is 9.08. The Hall–Kier alpha value is -1.98. The van der Waals surface area contributed by atoms with Gasteiger partial charge in [-0.1, -0.05) is 52.3 Å². The van der Waals surface area contributed by atoms with E-state index in [1.54, 1.807) is 12.1 Å². The summed E-state index contributed by atoms with van der Waals surface area (Å²) in [6.45, 7) is 3.37. The van der Waals surface area contributed by atoms with E-state index in [-0.39, 0.29) is 17.6 Å². The second-order valence-corrected chi connectivity index (χ2v) is 7.05. The zero-order valence-corrected chi connectivity index (χ0v) is 15.6. The zero-order chi connectivity index (χ0) is 17.8. The van der Waals surface area contributed by atoms with Gasteiger partial charge in [0.1, 0.15) is 5.82 Å². The lowest BCUT2D eigenvalue weighted by molar-refractivity contribution is -0.120. The summed E-state index contributed by atoms with van der Waals surface area (Å²) in [6.07, 6.45) is 3.07. The molecule has 3 nitrogen and oxygen atoms in total. The Morgan fingerprint density at radius 2 is 2.00 bits per heavy atom. The van der Waals surface area contributed by atoms with Crippen LogP contribution in [0.2, 0.25) is 0 Å². The van der Waals surface area contributed by atoms with Crippen LogP contribution in [0.3, 0.4) is 0 Å². The quantitative estimate of drug-likeness (QED) is 0.803. The average Bonchev–Trinajstić information content (AvgIpc) is 2.64. The Morgan fingerprint density at radius 3 is 2.64 bits per heavy atom. The zero-order valence-electron chi connectivity index (χ0n) is 14.0. The highest BCUT2D eigenvalue weighted by Gasteiger charge is 2.24. The second kappa shape index (κ2) is 7.93. The van der Waals surface area contributed by atoms with E-state index in [2.05, 4.69) is 44.4 Å². The van der Waals surface area contributed by atoms with Crippen molar-refractivity contribution in [1.29, 1.82) is 0 Å². The van der Waals surface area contributed by atoms with Gasteiger partial charge in [0.25, 0.3) is 0 Å². The number of rotatable bonds is 4. The molecule has 1 atom stereocenters. The van der Waals surface area contributed by atoms with Crippen LogP contribution in [-0.4, -0.2) is 29.9 Å². The number of amides is 1. The summed E-state index contributed by atoms with van der Waals surface area (Å²) < 4.78 is 14.5. The number of hydrogen-bond acceptors (Lipinski definition) is 2. The van der Waals surface area contributed by atoms with Crippen molar-refractivity contribution >= 4 is 33.1 Å². The number of hydrogen-bond donors (Lipinski definition) is 1. The third kappa shape index (κ3) is 4.35. The van der Waals surface area contributed by atoms with Gasteiger partial charge in [0, 0.05) is 17.6 Å². The molecule has 1 N–H and O–H groups in total. The molecule has 1 aliphatic heterocycles. The molecule has 0 saturated carbocycles. The fourth-order valence-electron chi connectivity index (χ4n) is 2.94. The topological polar surface area (TPSA) is 32.3 Å². The van der Waals surface area contributed by atoms with E-state index in [9.17, 15) is 9.18 Å². The van der Waals surface area contributed by atoms with Gasteiger partial charge in [-0.2, -0.15) is 0 Å². The van der Waals surface area contributed by atoms with Crippen LogP contribution in [-0.2, 0) is 4.79 Å². The van der Waals surface area contributed by atoms with Crippen LogP contribution in [0.1, 0.15) is 18.9 Å². The monoisotopic (exact) mass is 402 g/mol. The standard InChI is InChI=1S/C20H20BrFN2O/c1-14(20(25)23-19-8-7-17(21)13-18(19)22)24-11-9-16(10-12-24)15-5-3-2-4-6-15/h2-9,13-14H,10-12H2,1H3,(H,23,25)/t14-/m1/s1. The molecule has 0 radical (unpaired) electrons. The van der Waals surface area contributed by atoms with Crippen LogP contribution >= 0.6 is 15.9 Å². The maximum absolute atomic E-state index is 13.9. The Morgan fingerprint density at radius 1 is 1.24 bits per heavy atom. The molecule has 0 bridgehead atoms. The van der Waals surface area contributed by atoms with Crippen molar-refractivity contribution in [3.8, 4) is 0 Å². The van der Waals surface area contributed by atoms with Crippen molar-refractivity contribution in [3.05, 3.63) is 70.5 Å². The number of anilines is 1. The molecule has 0 fully saturated rings. The van der Waals surface area contributed by atoms with Gasteiger partial charge < -0.3 is 5.32 Å². The Bertz CT molecular complexity index is 792. The molecule has 0 aromatic heterocycles. The Kier molecular flexibility index (Phi) is 5.66. The predicted molar refractivity (Wildman–Crippen MR) is 103 cm³/mol. The molecule has 0 saturated heterocycles. The molecule has 3 rings (SSSR count). The number of halogens is 2. The number of carbonyl (C=O) groups is 1. The van der Waals surface area contributed by atoms with Crippen molar-refractivity contribution in [2.75, 3.05) is 18.4 Å². The summed E-state index contributed by atoms with van der Waals surface area (Å²) in [4.78, 5) is 14.5. The number of carbonyl (C=O) groups excluding carboxylic acids is 1. The van der Waals surface area contributed by atoms with Gasteiger partial charge in [0.05, 0.1) is 11.7 Å². The van der Waals surface area contributed by atoms with Crippen LogP contribution < -0.4 is 5.32 Å². The third-order valence-corrected chi connectivity index (χ3v) is 4.99. The van der Waals surface area contributed by atoms with E-state index in [1.165, 1.54) is 17.2 Å². The van der Waals surface area contributed by atoms with Gasteiger partial charge in [0.15, 0.2) is 0 Å². The van der Waals surface area contributed by atoms with Gasteiger partial charge in [-0.3, -0.25) is 9.69 Å². The summed E-state index contributed by atoms with van der Waals surface area (Å²) >= 11 is 3.21. The highest BCUT2D eigenvalue weighted by Crippen LogP contribution is 2.24. The third-order valence-electron chi connectivity index (χ3n) is 4.50. The molecule has 25 heavy (non-hydrogen) atoms. The van der Waals surface area contributed by atoms with Gasteiger partial charge in [0.2, 0.25) is 5.91 Å². The minimum Gasteiger partial charge on any atom is -0.322 e. The van der Waals surface area contributed by atoms with Crippen molar-refractivity contribution < 1.29 is 9.18 Å². The Labute approximate surface area is 155 Å². The molecular formula is C20H20BrFN2O. The van der Waals surface area contributed by atoms with Gasteiger partial charge in [-0.05, 0) is 42.7 Å². The van der Waals surface area contributed by atoms with Crippen molar-refractivity contribution in [3.63, 3.8) is 0 Å². The fourth-order valence-corrected chi connectivity index (χ4v) is 3.28. The van der Waals surface area contributed by atoms with E-state index in [0.717, 1.165) is 13.0 Å². The largest absolute Gasteiger partial charge is 0.322 e. The van der Waals surface area contributed by atoms with Crippen molar-refractivity contribution in [1.82, 2.24) is 4.90 Å². The average molecular weight is 403 g/mol. The molecule has 2 aromatic rings. The summed E-state index contributed by atoms with van der Waals surface area (Å²) in [5.74, 6) is -0.641. The van der Waals surface area contributed by atoms with E-state index < -0.39 is 5.82 Å². The minimum atomic E-state index is -0.445. The molecule has 1 amide bonds. The normalized spacial score (nSPS) is 16.2. The first-order valence-electron chi connectivity index (χ1n) is 8.29. The van der Waals surface area contributed by atoms with Crippen LogP contribution in [0.15, 0.2) is 59.1 Å². The lowest BCUT2D eigenvalue weighted by Gasteiger charge is -2.31. The highest BCUT2D eigenvalue weighted by atomic mass is 79.9. The lowest BCUT2D eigenvalue weighted by Crippen LogP contribution is -2.44. The van der Waals surface area contributed by atoms with Crippen molar-refractivity contribution in [2.24, 2.45) is 0 Å². The van der Waals surface area contributed by atoms with Crippen molar-refractivity contribution in [2.45, 2.75) is 19.4 Å². The number of benzene rings is 2. The molecule has 1 aliphatic rings. The maximum Gasteiger partial charge on any atom is 0.241 e. The number of nitrogens with zero attached hydrogens (tertiary/aromatic N) is 1. The predicted octanol–water partition coefficient (Wildman–Crippen LogP) is 4.70. The summed E-state index contributed by atoms with van der Waals surface area (Å²) in [7, 11) is 0. The first-order chi connectivity index (χ1) is 12.0. The molecule has 0 spiro atoms. The first kappa shape index (κ1) is 17.8. The minimum absolute atomic E-state index is 0.196. The Balaban J connectivity index is 1.63. The molecule has 5 heteroatoms. The van der Waals surface area contributed by atoms with Gasteiger partial charge in [-0.15, -0.1) is 0 Å². The van der Waals surface area contributed by atoms with Crippen LogP contribution in [0, 0.1) is 5.82 Å². The van der Waals surface area contributed by atoms with E-state index in [1.807, 2.05) is 25.1 Å². The lowest BCUT2D eigenvalue weighted by atomic mass is 9.99. The summed E-state index contributed by atoms with van der Waals surface area (Å²) in [5.41, 5.74) is 2.75. The molecule has 130 valence electrons. The fraction of sp³-hybridized carbons (Fsp3) is 0.250. The second-order valence-electron chi connectivity index (χ2n) is 6.13. The molecular weight excluding hydrogens is 383 g/mol. The number of nitrogens with one attached hydrogen (secondary N) is 1. The van der Waals surface area contributed by atoms with Crippen LogP contribution in [0.4, 0.5) is 10.1 Å². The molecule has 1 heterocycles. The van der Waals surface area contributed by atoms with Gasteiger partial charge >= 0.3 is 0 Å².